The van der Waals surface area contributed by atoms with Crippen molar-refractivity contribution >= 4 is 17.3 Å². The number of benzene rings is 1. The van der Waals surface area contributed by atoms with Crippen LogP contribution in [-0.2, 0) is 4.79 Å². The first kappa shape index (κ1) is 14.0. The van der Waals surface area contributed by atoms with E-state index in [0.29, 0.717) is 5.69 Å². The molecule has 0 radical (unpaired) electrons. The Bertz CT molecular complexity index is 572. The van der Waals surface area contributed by atoms with E-state index < -0.39 is 12.5 Å². The first-order valence-electron chi connectivity index (χ1n) is 6.36. The molecule has 0 bridgehead atoms. The summed E-state index contributed by atoms with van der Waals surface area (Å²) in [6.07, 6.45) is 3.55. The van der Waals surface area contributed by atoms with E-state index in [-0.39, 0.29) is 6.04 Å². The van der Waals surface area contributed by atoms with Crippen LogP contribution in [-0.4, -0.2) is 22.6 Å². The Morgan fingerprint density at radius 1 is 1.30 bits per heavy atom. The van der Waals surface area contributed by atoms with Crippen LogP contribution in [0.15, 0.2) is 48.8 Å². The number of nitrogens with zero attached hydrogens (tertiary/aromatic N) is 1. The first-order chi connectivity index (χ1) is 9.69. The zero-order valence-electron chi connectivity index (χ0n) is 11.2. The highest BCUT2D eigenvalue weighted by Gasteiger charge is 2.06. The average molecular weight is 271 g/mol. The van der Waals surface area contributed by atoms with Crippen LogP contribution in [0.5, 0.6) is 0 Å². The van der Waals surface area contributed by atoms with Gasteiger partial charge in [-0.05, 0) is 36.8 Å². The van der Waals surface area contributed by atoms with Crippen LogP contribution in [0.3, 0.4) is 0 Å². The largest absolute Gasteiger partial charge is 0.387 e. The molecule has 1 unspecified atom stereocenters. The highest BCUT2D eigenvalue weighted by Crippen LogP contribution is 2.21. The molecule has 1 aromatic carbocycles. The molecule has 1 heterocycles. The van der Waals surface area contributed by atoms with Gasteiger partial charge in [0.2, 0.25) is 5.91 Å². The Labute approximate surface area is 117 Å². The van der Waals surface area contributed by atoms with Crippen molar-refractivity contribution in [2.45, 2.75) is 13.0 Å². The van der Waals surface area contributed by atoms with Gasteiger partial charge in [0.25, 0.3) is 0 Å². The fourth-order valence-electron chi connectivity index (χ4n) is 1.85. The molecule has 1 aromatic heterocycles. The predicted molar refractivity (Wildman–Crippen MR) is 78.4 cm³/mol. The van der Waals surface area contributed by atoms with Crippen molar-refractivity contribution in [1.82, 2.24) is 4.98 Å². The standard InChI is InChI=1S/C15H17N3O2/c1-11(12-4-3-7-16-9-12)17-13-5-2-6-14(8-13)18-15(20)10-19/h2-9,11,17,19H,10H2,1H3,(H,18,20). The minimum Gasteiger partial charge on any atom is -0.387 e. The monoisotopic (exact) mass is 271 g/mol. The van der Waals surface area contributed by atoms with E-state index in [2.05, 4.69) is 15.6 Å². The maximum atomic E-state index is 11.1. The van der Waals surface area contributed by atoms with E-state index in [0.717, 1.165) is 11.3 Å². The number of carbonyl (C=O) groups is 1. The van der Waals surface area contributed by atoms with Crippen LogP contribution >= 0.6 is 0 Å². The molecule has 0 aliphatic heterocycles. The molecular formula is C15H17N3O2. The van der Waals surface area contributed by atoms with Crippen molar-refractivity contribution in [3.05, 3.63) is 54.4 Å². The van der Waals surface area contributed by atoms with Gasteiger partial charge in [0, 0.05) is 23.8 Å². The number of amides is 1. The topological polar surface area (TPSA) is 74.2 Å². The Morgan fingerprint density at radius 2 is 2.10 bits per heavy atom. The van der Waals surface area contributed by atoms with Crippen molar-refractivity contribution in [2.75, 3.05) is 17.2 Å². The minimum atomic E-state index is -0.524. The second-order valence-electron chi connectivity index (χ2n) is 4.44. The number of anilines is 2. The second-order valence-corrected chi connectivity index (χ2v) is 4.44. The highest BCUT2D eigenvalue weighted by molar-refractivity contribution is 5.91. The summed E-state index contributed by atoms with van der Waals surface area (Å²) in [5.41, 5.74) is 2.61. The Balaban J connectivity index is 2.06. The van der Waals surface area contributed by atoms with Crippen LogP contribution in [0, 0.1) is 0 Å². The van der Waals surface area contributed by atoms with Gasteiger partial charge in [-0.15, -0.1) is 0 Å². The predicted octanol–water partition coefficient (Wildman–Crippen LogP) is 2.19. The number of rotatable bonds is 5. The van der Waals surface area contributed by atoms with Crippen molar-refractivity contribution in [2.24, 2.45) is 0 Å². The number of hydrogen-bond acceptors (Lipinski definition) is 4. The molecule has 2 rings (SSSR count). The van der Waals surface area contributed by atoms with Gasteiger partial charge in [0.15, 0.2) is 0 Å². The summed E-state index contributed by atoms with van der Waals surface area (Å²) in [7, 11) is 0. The van der Waals surface area contributed by atoms with Crippen LogP contribution in [0.1, 0.15) is 18.5 Å². The van der Waals surface area contributed by atoms with Gasteiger partial charge in [-0.3, -0.25) is 9.78 Å². The molecule has 0 aliphatic carbocycles. The van der Waals surface area contributed by atoms with Crippen LogP contribution in [0.25, 0.3) is 0 Å². The number of pyridine rings is 1. The lowest BCUT2D eigenvalue weighted by molar-refractivity contribution is -0.118. The van der Waals surface area contributed by atoms with Crippen LogP contribution < -0.4 is 10.6 Å². The number of nitrogens with one attached hydrogen (secondary N) is 2. The third-order valence-corrected chi connectivity index (χ3v) is 2.86. The molecule has 0 saturated carbocycles. The molecule has 20 heavy (non-hydrogen) atoms. The number of aliphatic hydroxyl groups excluding tert-OH is 1. The van der Waals surface area contributed by atoms with Crippen LogP contribution in [0.4, 0.5) is 11.4 Å². The van der Waals surface area contributed by atoms with E-state index in [9.17, 15) is 4.79 Å². The normalized spacial score (nSPS) is 11.7. The molecule has 104 valence electrons. The van der Waals surface area contributed by atoms with Crippen molar-refractivity contribution in [3.8, 4) is 0 Å². The lowest BCUT2D eigenvalue weighted by Crippen LogP contribution is -2.15. The molecule has 0 spiro atoms. The quantitative estimate of drug-likeness (QED) is 0.779. The summed E-state index contributed by atoms with van der Waals surface area (Å²) < 4.78 is 0. The number of carbonyl (C=O) groups excluding carboxylic acids is 1. The summed E-state index contributed by atoms with van der Waals surface area (Å²) in [6.45, 7) is 1.51. The highest BCUT2D eigenvalue weighted by atomic mass is 16.3. The molecule has 3 N–H and O–H groups in total. The third-order valence-electron chi connectivity index (χ3n) is 2.86. The molecule has 5 nitrogen and oxygen atoms in total. The maximum Gasteiger partial charge on any atom is 0.250 e. The number of aromatic nitrogens is 1. The van der Waals surface area contributed by atoms with E-state index in [1.165, 1.54) is 0 Å². The molecular weight excluding hydrogens is 254 g/mol. The first-order valence-corrected chi connectivity index (χ1v) is 6.36. The molecule has 5 heteroatoms. The lowest BCUT2D eigenvalue weighted by Gasteiger charge is -2.16. The summed E-state index contributed by atoms with van der Waals surface area (Å²) >= 11 is 0. The summed E-state index contributed by atoms with van der Waals surface area (Å²) in [4.78, 5) is 15.2. The molecule has 1 atom stereocenters. The van der Waals surface area contributed by atoms with E-state index >= 15 is 0 Å². The van der Waals surface area contributed by atoms with E-state index in [1.54, 1.807) is 12.3 Å². The van der Waals surface area contributed by atoms with E-state index in [1.807, 2.05) is 43.5 Å². The average Bonchev–Trinajstić information content (AvgIpc) is 2.48. The van der Waals surface area contributed by atoms with Crippen molar-refractivity contribution in [3.63, 3.8) is 0 Å². The Kier molecular flexibility index (Phi) is 4.68. The molecule has 0 aliphatic rings. The molecule has 0 fully saturated rings. The van der Waals surface area contributed by atoms with Gasteiger partial charge in [-0.2, -0.15) is 0 Å². The van der Waals surface area contributed by atoms with Crippen LogP contribution in [0.2, 0.25) is 0 Å². The summed E-state index contributed by atoms with van der Waals surface area (Å²) in [6, 6.07) is 11.3. The molecule has 2 aromatic rings. The zero-order chi connectivity index (χ0) is 14.4. The fourth-order valence-corrected chi connectivity index (χ4v) is 1.85. The SMILES string of the molecule is CC(Nc1cccc(NC(=O)CO)c1)c1cccnc1. The second kappa shape index (κ2) is 6.68. The molecule has 1 amide bonds. The third kappa shape index (κ3) is 3.80. The van der Waals surface area contributed by atoms with Crippen molar-refractivity contribution in [1.29, 1.82) is 0 Å². The van der Waals surface area contributed by atoms with Gasteiger partial charge in [-0.25, -0.2) is 0 Å². The molecule has 0 saturated heterocycles. The Hall–Kier alpha value is -2.40. The fraction of sp³-hybridized carbons (Fsp3) is 0.200. The van der Waals surface area contributed by atoms with Gasteiger partial charge in [0.1, 0.15) is 6.61 Å². The number of hydrogen-bond donors (Lipinski definition) is 3. The summed E-state index contributed by atoms with van der Waals surface area (Å²) in [5.74, 6) is -0.428. The maximum absolute atomic E-state index is 11.1. The minimum absolute atomic E-state index is 0.104. The van der Waals surface area contributed by atoms with Crippen molar-refractivity contribution < 1.29 is 9.90 Å². The Morgan fingerprint density at radius 3 is 2.80 bits per heavy atom. The van der Waals surface area contributed by atoms with Gasteiger partial charge in [0.05, 0.1) is 6.04 Å². The lowest BCUT2D eigenvalue weighted by atomic mass is 10.1. The van der Waals surface area contributed by atoms with E-state index in [4.69, 9.17) is 5.11 Å². The van der Waals surface area contributed by atoms with Gasteiger partial charge in [-0.1, -0.05) is 12.1 Å². The smallest absolute Gasteiger partial charge is 0.250 e. The number of aliphatic hydroxyl groups is 1. The van der Waals surface area contributed by atoms with Gasteiger partial charge < -0.3 is 15.7 Å². The van der Waals surface area contributed by atoms with Gasteiger partial charge >= 0.3 is 0 Å². The zero-order valence-corrected chi connectivity index (χ0v) is 11.2. The summed E-state index contributed by atoms with van der Waals surface area (Å²) in [5, 5.41) is 14.7.